The lowest BCUT2D eigenvalue weighted by atomic mass is 10.1. The van der Waals surface area contributed by atoms with Crippen molar-refractivity contribution in [2.45, 2.75) is 32.6 Å². The highest BCUT2D eigenvalue weighted by Gasteiger charge is 2.18. The van der Waals surface area contributed by atoms with Crippen LogP contribution >= 0.6 is 35.6 Å². The molecular weight excluding hydrogens is 451 g/mol. The van der Waals surface area contributed by atoms with Gasteiger partial charge in [0.25, 0.3) is 0 Å². The summed E-state index contributed by atoms with van der Waals surface area (Å²) in [4.78, 5) is 18.1. The Morgan fingerprint density at radius 3 is 2.68 bits per heavy atom. The molecule has 0 aliphatic carbocycles. The van der Waals surface area contributed by atoms with Crippen LogP contribution in [0, 0.1) is 0 Å². The predicted molar refractivity (Wildman–Crippen MR) is 115 cm³/mol. The summed E-state index contributed by atoms with van der Waals surface area (Å²) in [5.74, 6) is 1.12. The summed E-state index contributed by atoms with van der Waals surface area (Å²) < 4.78 is 0. The van der Waals surface area contributed by atoms with Crippen molar-refractivity contribution < 1.29 is 4.79 Å². The molecule has 0 bridgehead atoms. The summed E-state index contributed by atoms with van der Waals surface area (Å²) in [5, 5.41) is 7.36. The summed E-state index contributed by atoms with van der Waals surface area (Å²) in [6, 6.07) is 7.91. The van der Waals surface area contributed by atoms with Gasteiger partial charge in [0.15, 0.2) is 5.96 Å². The molecule has 2 N–H and O–H groups in total. The molecule has 0 atom stereocenters. The zero-order valence-corrected chi connectivity index (χ0v) is 17.8. The Morgan fingerprint density at radius 2 is 2.04 bits per heavy atom. The van der Waals surface area contributed by atoms with E-state index >= 15 is 0 Å². The monoisotopic (exact) mass is 478 g/mol. The van der Waals surface area contributed by atoms with E-state index in [1.54, 1.807) is 0 Å². The van der Waals surface area contributed by atoms with Gasteiger partial charge in [-0.05, 0) is 43.9 Å². The smallest absolute Gasteiger partial charge is 0.222 e. The van der Waals surface area contributed by atoms with Crippen LogP contribution in [0.4, 0.5) is 0 Å². The van der Waals surface area contributed by atoms with Gasteiger partial charge in [-0.2, -0.15) is 0 Å². The normalized spacial score (nSPS) is 14.4. The molecule has 1 fully saturated rings. The number of nitrogens with zero attached hydrogens (tertiary/aromatic N) is 2. The van der Waals surface area contributed by atoms with Gasteiger partial charge >= 0.3 is 0 Å². The SMILES string of the molecule is CCNC(=NCCCN1CCCC1=O)NCCc1ccc(Cl)cc1.I. The molecular formula is C18H28ClIN4O. The maximum Gasteiger partial charge on any atom is 0.222 e. The summed E-state index contributed by atoms with van der Waals surface area (Å²) in [7, 11) is 0. The third-order valence-corrected chi connectivity index (χ3v) is 4.24. The predicted octanol–water partition coefficient (Wildman–Crippen LogP) is 3.07. The number of hydrogen-bond donors (Lipinski definition) is 2. The molecule has 0 unspecified atom stereocenters. The Morgan fingerprint density at radius 1 is 1.28 bits per heavy atom. The van der Waals surface area contributed by atoms with E-state index in [1.807, 2.05) is 29.2 Å². The van der Waals surface area contributed by atoms with E-state index in [2.05, 4.69) is 22.5 Å². The maximum absolute atomic E-state index is 11.6. The van der Waals surface area contributed by atoms with Crippen LogP contribution in [-0.2, 0) is 11.2 Å². The van der Waals surface area contributed by atoms with Crippen molar-refractivity contribution in [1.82, 2.24) is 15.5 Å². The quantitative estimate of drug-likeness (QED) is 0.261. The van der Waals surface area contributed by atoms with Crippen molar-refractivity contribution in [3.05, 3.63) is 34.9 Å². The molecule has 1 aliphatic heterocycles. The van der Waals surface area contributed by atoms with Gasteiger partial charge in [0.1, 0.15) is 0 Å². The molecule has 1 aliphatic rings. The molecule has 7 heteroatoms. The van der Waals surface area contributed by atoms with Gasteiger partial charge in [-0.15, -0.1) is 24.0 Å². The molecule has 1 heterocycles. The standard InChI is InChI=1S/C18H27ClN4O.HI/c1-2-20-18(21-11-4-14-23-13-3-5-17(23)24)22-12-10-15-6-8-16(19)9-7-15;/h6-9H,2-5,10-14H2,1H3,(H2,20,21,22);1H. The fourth-order valence-electron chi connectivity index (χ4n) is 2.71. The molecule has 0 spiro atoms. The van der Waals surface area contributed by atoms with Gasteiger partial charge in [0.2, 0.25) is 5.91 Å². The number of benzene rings is 1. The Balaban J connectivity index is 0.00000312. The molecule has 0 radical (unpaired) electrons. The average Bonchev–Trinajstić information content (AvgIpc) is 2.98. The largest absolute Gasteiger partial charge is 0.357 e. The minimum Gasteiger partial charge on any atom is -0.357 e. The summed E-state index contributed by atoms with van der Waals surface area (Å²) in [5.41, 5.74) is 1.25. The van der Waals surface area contributed by atoms with Gasteiger partial charge in [-0.3, -0.25) is 9.79 Å². The van der Waals surface area contributed by atoms with Crippen LogP contribution in [0.15, 0.2) is 29.3 Å². The van der Waals surface area contributed by atoms with E-state index in [9.17, 15) is 4.79 Å². The average molecular weight is 479 g/mol. The molecule has 1 saturated heterocycles. The van der Waals surface area contributed by atoms with Crippen LogP contribution in [0.2, 0.25) is 5.02 Å². The van der Waals surface area contributed by atoms with Gasteiger partial charge in [-0.25, -0.2) is 0 Å². The van der Waals surface area contributed by atoms with Crippen molar-refractivity contribution in [3.8, 4) is 0 Å². The van der Waals surface area contributed by atoms with E-state index in [0.717, 1.165) is 63.0 Å². The first-order valence-corrected chi connectivity index (χ1v) is 9.11. The van der Waals surface area contributed by atoms with Crippen LogP contribution in [0.3, 0.4) is 0 Å². The maximum atomic E-state index is 11.6. The highest BCUT2D eigenvalue weighted by Crippen LogP contribution is 2.10. The number of rotatable bonds is 8. The first-order chi connectivity index (χ1) is 11.7. The van der Waals surface area contributed by atoms with E-state index < -0.39 is 0 Å². The number of aliphatic imine (C=N–C) groups is 1. The third kappa shape index (κ3) is 8.27. The second kappa shape index (κ2) is 12.4. The lowest BCUT2D eigenvalue weighted by Crippen LogP contribution is -2.38. The topological polar surface area (TPSA) is 56.7 Å². The third-order valence-electron chi connectivity index (χ3n) is 3.99. The van der Waals surface area contributed by atoms with Crippen molar-refractivity contribution in [1.29, 1.82) is 0 Å². The summed E-state index contributed by atoms with van der Waals surface area (Å²) >= 11 is 5.90. The molecule has 0 aromatic heterocycles. The van der Waals surface area contributed by atoms with Crippen LogP contribution in [-0.4, -0.2) is 49.5 Å². The van der Waals surface area contributed by atoms with E-state index in [-0.39, 0.29) is 29.9 Å². The summed E-state index contributed by atoms with van der Waals surface area (Å²) in [6.45, 7) is 6.14. The number of carbonyl (C=O) groups excluding carboxylic acids is 1. The van der Waals surface area contributed by atoms with Crippen LogP contribution < -0.4 is 10.6 Å². The number of likely N-dealkylation sites (tertiary alicyclic amines) is 1. The van der Waals surface area contributed by atoms with E-state index in [1.165, 1.54) is 5.56 Å². The number of amides is 1. The van der Waals surface area contributed by atoms with Gasteiger partial charge in [-0.1, -0.05) is 23.7 Å². The van der Waals surface area contributed by atoms with E-state index in [4.69, 9.17) is 11.6 Å². The zero-order valence-electron chi connectivity index (χ0n) is 14.8. The van der Waals surface area contributed by atoms with Crippen molar-refractivity contribution in [3.63, 3.8) is 0 Å². The Kier molecular flexibility index (Phi) is 10.9. The van der Waals surface area contributed by atoms with Crippen LogP contribution in [0.5, 0.6) is 0 Å². The highest BCUT2D eigenvalue weighted by molar-refractivity contribution is 14.0. The Hall–Kier alpha value is -1.02. The summed E-state index contributed by atoms with van der Waals surface area (Å²) in [6.07, 6.45) is 3.53. The second-order valence-electron chi connectivity index (χ2n) is 5.90. The first kappa shape index (κ1) is 22.0. The molecule has 1 aromatic rings. The minimum atomic E-state index is 0. The number of carbonyl (C=O) groups is 1. The number of halogens is 2. The van der Waals surface area contributed by atoms with Crippen LogP contribution in [0.25, 0.3) is 0 Å². The van der Waals surface area contributed by atoms with E-state index in [0.29, 0.717) is 6.42 Å². The first-order valence-electron chi connectivity index (χ1n) is 8.73. The number of hydrogen-bond acceptors (Lipinski definition) is 2. The van der Waals surface area contributed by atoms with Crippen molar-refractivity contribution in [2.75, 3.05) is 32.7 Å². The highest BCUT2D eigenvalue weighted by atomic mass is 127. The fourth-order valence-corrected chi connectivity index (χ4v) is 2.84. The zero-order chi connectivity index (χ0) is 17.2. The fraction of sp³-hybridized carbons (Fsp3) is 0.556. The Labute approximate surface area is 172 Å². The second-order valence-corrected chi connectivity index (χ2v) is 6.34. The molecule has 0 saturated carbocycles. The molecule has 1 aromatic carbocycles. The van der Waals surface area contributed by atoms with Crippen molar-refractivity contribution in [2.24, 2.45) is 4.99 Å². The van der Waals surface area contributed by atoms with Gasteiger partial charge in [0, 0.05) is 44.2 Å². The Bertz CT molecular complexity index is 551. The van der Waals surface area contributed by atoms with Crippen LogP contribution in [0.1, 0.15) is 31.7 Å². The molecule has 140 valence electrons. The van der Waals surface area contributed by atoms with Gasteiger partial charge < -0.3 is 15.5 Å². The molecule has 25 heavy (non-hydrogen) atoms. The number of guanidine groups is 1. The molecule has 2 rings (SSSR count). The molecule has 5 nitrogen and oxygen atoms in total. The number of nitrogens with one attached hydrogen (secondary N) is 2. The lowest BCUT2D eigenvalue weighted by Gasteiger charge is -2.15. The minimum absolute atomic E-state index is 0. The van der Waals surface area contributed by atoms with Gasteiger partial charge in [0.05, 0.1) is 0 Å². The lowest BCUT2D eigenvalue weighted by molar-refractivity contribution is -0.127. The molecule has 1 amide bonds. The van der Waals surface area contributed by atoms with Crippen molar-refractivity contribution >= 4 is 47.4 Å².